The molecule has 4 rings (SSSR count). The van der Waals surface area contributed by atoms with Gasteiger partial charge in [0.1, 0.15) is 5.76 Å². The van der Waals surface area contributed by atoms with Crippen LogP contribution in [0.4, 0.5) is 5.69 Å². The van der Waals surface area contributed by atoms with Gasteiger partial charge in [-0.05, 0) is 72.8 Å². The second-order valence-corrected chi connectivity index (χ2v) is 7.68. The van der Waals surface area contributed by atoms with Crippen molar-refractivity contribution in [2.45, 2.75) is 38.9 Å². The second kappa shape index (κ2) is 10.6. The molecule has 0 radical (unpaired) electrons. The number of fused-ring (bicyclic) bond motifs is 1. The van der Waals surface area contributed by atoms with E-state index in [2.05, 4.69) is 58.7 Å². The quantitative estimate of drug-likeness (QED) is 0.265. The summed E-state index contributed by atoms with van der Waals surface area (Å²) in [5.74, 6) is 1.41. The predicted octanol–water partition coefficient (Wildman–Crippen LogP) is 4.95. The molecule has 1 aliphatic rings. The van der Waals surface area contributed by atoms with E-state index in [1.807, 2.05) is 18.2 Å². The first-order valence-corrected chi connectivity index (χ1v) is 10.1. The number of rotatable bonds is 7. The summed E-state index contributed by atoms with van der Waals surface area (Å²) in [7, 11) is 2.09. The van der Waals surface area contributed by atoms with Crippen LogP contribution < -0.4 is 11.1 Å². The number of hydrogen-bond acceptors (Lipinski definition) is 3. The zero-order valence-corrected chi connectivity index (χ0v) is 19.6. The average molecular weight is 516 g/mol. The van der Waals surface area contributed by atoms with Crippen molar-refractivity contribution in [3.8, 4) is 0 Å². The number of furan rings is 1. The van der Waals surface area contributed by atoms with Gasteiger partial charge in [-0.3, -0.25) is 4.90 Å². The molecule has 0 bridgehead atoms. The van der Waals surface area contributed by atoms with Crippen LogP contribution in [-0.4, -0.2) is 17.9 Å². The number of aliphatic imine (C=N–C) groups is 1. The molecule has 3 N–H and O–H groups in total. The van der Waals surface area contributed by atoms with E-state index in [1.54, 1.807) is 6.26 Å². The lowest BCUT2D eigenvalue weighted by Crippen LogP contribution is -2.23. The van der Waals surface area contributed by atoms with Gasteiger partial charge in [0, 0.05) is 12.2 Å². The van der Waals surface area contributed by atoms with Gasteiger partial charge in [-0.25, -0.2) is 4.99 Å². The van der Waals surface area contributed by atoms with Crippen LogP contribution in [0.25, 0.3) is 0 Å². The molecular formula is C24H29IN4O. The summed E-state index contributed by atoms with van der Waals surface area (Å²) in [5, 5.41) is 3.24. The molecule has 1 aliphatic carbocycles. The van der Waals surface area contributed by atoms with Gasteiger partial charge in [0.05, 0.1) is 19.4 Å². The van der Waals surface area contributed by atoms with E-state index in [4.69, 9.17) is 10.2 Å². The maximum atomic E-state index is 6.16. The van der Waals surface area contributed by atoms with Gasteiger partial charge in [0.2, 0.25) is 0 Å². The third kappa shape index (κ3) is 5.86. The monoisotopic (exact) mass is 516 g/mol. The fourth-order valence-corrected chi connectivity index (χ4v) is 3.89. The van der Waals surface area contributed by atoms with Crippen molar-refractivity contribution < 1.29 is 4.42 Å². The van der Waals surface area contributed by atoms with Crippen LogP contribution in [0.3, 0.4) is 0 Å². The Labute approximate surface area is 195 Å². The molecule has 3 aromatic rings. The number of anilines is 1. The number of nitrogens with two attached hydrogens (primary N) is 1. The smallest absolute Gasteiger partial charge is 0.193 e. The highest BCUT2D eigenvalue weighted by molar-refractivity contribution is 14.0. The third-order valence-electron chi connectivity index (χ3n) is 5.36. The molecule has 0 amide bonds. The number of nitrogens with one attached hydrogen (secondary N) is 1. The van der Waals surface area contributed by atoms with E-state index in [-0.39, 0.29) is 24.0 Å². The van der Waals surface area contributed by atoms with Crippen molar-refractivity contribution in [1.82, 2.24) is 4.90 Å². The van der Waals surface area contributed by atoms with Crippen LogP contribution in [0.2, 0.25) is 0 Å². The summed E-state index contributed by atoms with van der Waals surface area (Å²) < 4.78 is 5.45. The molecule has 6 heteroatoms. The van der Waals surface area contributed by atoms with Gasteiger partial charge < -0.3 is 15.5 Å². The van der Waals surface area contributed by atoms with E-state index in [9.17, 15) is 0 Å². The number of benzene rings is 2. The molecule has 1 heterocycles. The minimum Gasteiger partial charge on any atom is -0.468 e. The standard InChI is InChI=1S/C24H28N4O.HI/c1-28(17-23-10-5-13-29-23)16-21-7-3-2-6-20(21)15-26-24(25)27-22-12-11-18-8-4-9-19(18)14-22;/h2-3,5-7,10-14H,4,8-9,15-17H2,1H3,(H3,25,26,27);1H. The Morgan fingerprint density at radius 3 is 2.63 bits per heavy atom. The lowest BCUT2D eigenvalue weighted by Gasteiger charge is -2.17. The average Bonchev–Trinajstić information content (AvgIpc) is 3.38. The van der Waals surface area contributed by atoms with E-state index in [0.29, 0.717) is 12.5 Å². The van der Waals surface area contributed by atoms with Crippen molar-refractivity contribution in [2.24, 2.45) is 10.7 Å². The number of guanidine groups is 1. The van der Waals surface area contributed by atoms with E-state index in [1.165, 1.54) is 35.1 Å². The molecule has 0 spiro atoms. The first kappa shape index (κ1) is 22.4. The summed E-state index contributed by atoms with van der Waals surface area (Å²) >= 11 is 0. The van der Waals surface area contributed by atoms with Crippen molar-refractivity contribution in [3.05, 3.63) is 88.9 Å². The number of halogens is 1. The summed E-state index contributed by atoms with van der Waals surface area (Å²) in [6, 6.07) is 18.8. The van der Waals surface area contributed by atoms with Crippen LogP contribution in [0.5, 0.6) is 0 Å². The molecule has 158 valence electrons. The molecule has 0 fully saturated rings. The minimum atomic E-state index is 0. The molecule has 2 aromatic carbocycles. The summed E-state index contributed by atoms with van der Waals surface area (Å²) in [4.78, 5) is 6.80. The molecule has 0 aliphatic heterocycles. The molecule has 5 nitrogen and oxygen atoms in total. The normalized spacial score (nSPS) is 13.2. The van der Waals surface area contributed by atoms with Gasteiger partial charge in [-0.2, -0.15) is 0 Å². The molecule has 0 saturated heterocycles. The Morgan fingerprint density at radius 2 is 1.83 bits per heavy atom. The number of nitrogens with zero attached hydrogens (tertiary/aromatic N) is 2. The zero-order chi connectivity index (χ0) is 20.1. The number of aryl methyl sites for hydroxylation is 2. The Morgan fingerprint density at radius 1 is 1.03 bits per heavy atom. The SMILES string of the molecule is CN(Cc1ccco1)Cc1ccccc1CN=C(N)Nc1ccc2c(c1)CCC2.I. The molecule has 30 heavy (non-hydrogen) atoms. The topological polar surface area (TPSA) is 66.8 Å². The van der Waals surface area contributed by atoms with E-state index >= 15 is 0 Å². The Bertz CT molecular complexity index is 985. The highest BCUT2D eigenvalue weighted by Crippen LogP contribution is 2.24. The summed E-state index contributed by atoms with van der Waals surface area (Å²) in [5.41, 5.74) is 12.5. The van der Waals surface area contributed by atoms with E-state index in [0.717, 1.165) is 31.0 Å². The molecular weight excluding hydrogens is 487 g/mol. The Hall–Kier alpha value is -2.32. The molecule has 0 saturated carbocycles. The van der Waals surface area contributed by atoms with Gasteiger partial charge in [0.25, 0.3) is 0 Å². The first-order valence-electron chi connectivity index (χ1n) is 10.1. The summed E-state index contributed by atoms with van der Waals surface area (Å²) in [6.45, 7) is 2.14. The maximum absolute atomic E-state index is 6.16. The number of hydrogen-bond donors (Lipinski definition) is 2. The molecule has 0 unspecified atom stereocenters. The lowest BCUT2D eigenvalue weighted by atomic mass is 10.1. The van der Waals surface area contributed by atoms with Crippen LogP contribution in [-0.2, 0) is 32.5 Å². The van der Waals surface area contributed by atoms with Crippen LogP contribution >= 0.6 is 24.0 Å². The first-order chi connectivity index (χ1) is 14.2. The Balaban J connectivity index is 0.00000256. The minimum absolute atomic E-state index is 0. The molecule has 1 aromatic heterocycles. The zero-order valence-electron chi connectivity index (χ0n) is 17.3. The second-order valence-electron chi connectivity index (χ2n) is 7.68. The van der Waals surface area contributed by atoms with Gasteiger partial charge in [0.15, 0.2) is 5.96 Å². The predicted molar refractivity (Wildman–Crippen MR) is 133 cm³/mol. The van der Waals surface area contributed by atoms with Gasteiger partial charge >= 0.3 is 0 Å². The van der Waals surface area contributed by atoms with E-state index < -0.39 is 0 Å². The van der Waals surface area contributed by atoms with Crippen LogP contribution in [0.15, 0.2) is 70.3 Å². The summed E-state index contributed by atoms with van der Waals surface area (Å²) in [6.07, 6.45) is 5.29. The van der Waals surface area contributed by atoms with Crippen molar-refractivity contribution in [2.75, 3.05) is 12.4 Å². The van der Waals surface area contributed by atoms with Gasteiger partial charge in [-0.15, -0.1) is 24.0 Å². The maximum Gasteiger partial charge on any atom is 0.193 e. The Kier molecular flexibility index (Phi) is 7.93. The van der Waals surface area contributed by atoms with Crippen LogP contribution in [0, 0.1) is 0 Å². The van der Waals surface area contributed by atoms with Gasteiger partial charge in [-0.1, -0.05) is 30.3 Å². The van der Waals surface area contributed by atoms with Crippen LogP contribution in [0.1, 0.15) is 34.4 Å². The fraction of sp³-hybridized carbons (Fsp3) is 0.292. The van der Waals surface area contributed by atoms with Crippen molar-refractivity contribution in [1.29, 1.82) is 0 Å². The lowest BCUT2D eigenvalue weighted by molar-refractivity contribution is 0.287. The van der Waals surface area contributed by atoms with Crippen molar-refractivity contribution in [3.63, 3.8) is 0 Å². The largest absolute Gasteiger partial charge is 0.468 e. The highest BCUT2D eigenvalue weighted by atomic mass is 127. The van der Waals surface area contributed by atoms with Crippen molar-refractivity contribution >= 4 is 35.6 Å². The third-order valence-corrected chi connectivity index (χ3v) is 5.36. The fourth-order valence-electron chi connectivity index (χ4n) is 3.89. The highest BCUT2D eigenvalue weighted by Gasteiger charge is 2.11. The molecule has 0 atom stereocenters.